The minimum atomic E-state index is 0.127. The van der Waals surface area contributed by atoms with Gasteiger partial charge < -0.3 is 5.11 Å². The molecule has 6 heteroatoms. The summed E-state index contributed by atoms with van der Waals surface area (Å²) in [6, 6.07) is 14.8. The SMILES string of the molecule is Cc1ccc(O)c(C=Nc2n[nH]c(Cc3cccc(Cl)c3)c2C#N)c1. The smallest absolute Gasteiger partial charge is 0.191 e. The van der Waals surface area contributed by atoms with Crippen LogP contribution in [0.5, 0.6) is 5.75 Å². The average molecular weight is 351 g/mol. The number of nitriles is 1. The number of phenolic OH excluding ortho intramolecular Hbond substituents is 1. The van der Waals surface area contributed by atoms with Crippen LogP contribution in [0, 0.1) is 18.3 Å². The van der Waals surface area contributed by atoms with E-state index in [0.717, 1.165) is 11.1 Å². The fourth-order valence-electron chi connectivity index (χ4n) is 2.47. The highest BCUT2D eigenvalue weighted by Crippen LogP contribution is 2.23. The topological polar surface area (TPSA) is 85.1 Å². The Morgan fingerprint density at radius 1 is 1.32 bits per heavy atom. The Labute approximate surface area is 150 Å². The normalized spacial score (nSPS) is 10.9. The third-order valence-electron chi connectivity index (χ3n) is 3.71. The number of aromatic nitrogens is 2. The number of H-pyrrole nitrogens is 1. The predicted octanol–water partition coefficient (Wildman–Crippen LogP) is 4.29. The summed E-state index contributed by atoms with van der Waals surface area (Å²) in [5.41, 5.74) is 3.60. The maximum atomic E-state index is 9.87. The second kappa shape index (κ2) is 7.20. The van der Waals surface area contributed by atoms with E-state index in [1.54, 1.807) is 12.1 Å². The van der Waals surface area contributed by atoms with Crippen molar-refractivity contribution in [2.75, 3.05) is 0 Å². The number of nitrogens with zero attached hydrogens (tertiary/aromatic N) is 3. The Bertz CT molecular complexity index is 985. The molecule has 0 bridgehead atoms. The average Bonchev–Trinajstić information content (AvgIpc) is 2.97. The van der Waals surface area contributed by atoms with E-state index in [0.29, 0.717) is 34.1 Å². The van der Waals surface area contributed by atoms with Crippen LogP contribution in [-0.4, -0.2) is 21.5 Å². The molecule has 0 atom stereocenters. The van der Waals surface area contributed by atoms with E-state index in [-0.39, 0.29) is 5.75 Å². The monoisotopic (exact) mass is 350 g/mol. The second-order valence-corrected chi connectivity index (χ2v) is 6.08. The van der Waals surface area contributed by atoms with Gasteiger partial charge in [0.1, 0.15) is 17.4 Å². The zero-order chi connectivity index (χ0) is 17.8. The lowest BCUT2D eigenvalue weighted by atomic mass is 10.1. The Balaban J connectivity index is 1.88. The minimum absolute atomic E-state index is 0.127. The summed E-state index contributed by atoms with van der Waals surface area (Å²) in [4.78, 5) is 4.25. The molecule has 0 aliphatic heterocycles. The number of aryl methyl sites for hydroxylation is 1. The molecule has 3 rings (SSSR count). The number of halogens is 1. The van der Waals surface area contributed by atoms with E-state index in [1.165, 1.54) is 6.21 Å². The summed E-state index contributed by atoms with van der Waals surface area (Å²) in [5.74, 6) is 0.419. The fraction of sp³-hybridized carbons (Fsp3) is 0.105. The maximum Gasteiger partial charge on any atom is 0.191 e. The Hall–Kier alpha value is -3.10. The third-order valence-corrected chi connectivity index (χ3v) is 3.95. The molecule has 0 amide bonds. The largest absolute Gasteiger partial charge is 0.507 e. The number of benzene rings is 2. The molecule has 0 fully saturated rings. The van der Waals surface area contributed by atoms with Crippen LogP contribution in [0.1, 0.15) is 27.9 Å². The van der Waals surface area contributed by atoms with Crippen LogP contribution in [0.4, 0.5) is 5.82 Å². The standard InChI is InChI=1S/C19H15ClN4O/c1-12-5-6-18(25)14(7-12)11-22-19-16(10-21)17(23-24-19)9-13-3-2-4-15(20)8-13/h2-8,11,25H,9H2,1H3,(H,23,24). The molecule has 124 valence electrons. The second-order valence-electron chi connectivity index (χ2n) is 5.64. The molecule has 3 aromatic rings. The van der Waals surface area contributed by atoms with Gasteiger partial charge in [0.15, 0.2) is 5.82 Å². The Kier molecular flexibility index (Phi) is 4.82. The van der Waals surface area contributed by atoms with Crippen molar-refractivity contribution in [2.24, 2.45) is 4.99 Å². The molecule has 0 aliphatic carbocycles. The summed E-state index contributed by atoms with van der Waals surface area (Å²) in [6.45, 7) is 1.93. The van der Waals surface area contributed by atoms with Gasteiger partial charge in [0.05, 0.1) is 5.69 Å². The van der Waals surface area contributed by atoms with Gasteiger partial charge in [-0.2, -0.15) is 10.4 Å². The van der Waals surface area contributed by atoms with Gasteiger partial charge in [0, 0.05) is 23.2 Å². The van der Waals surface area contributed by atoms with Crippen molar-refractivity contribution in [1.82, 2.24) is 10.2 Å². The first-order valence-corrected chi connectivity index (χ1v) is 8.00. The van der Waals surface area contributed by atoms with Crippen LogP contribution in [-0.2, 0) is 6.42 Å². The Morgan fingerprint density at radius 3 is 2.92 bits per heavy atom. The highest BCUT2D eigenvalue weighted by Gasteiger charge is 2.13. The molecule has 0 saturated heterocycles. The summed E-state index contributed by atoms with van der Waals surface area (Å²) in [7, 11) is 0. The van der Waals surface area contributed by atoms with Gasteiger partial charge >= 0.3 is 0 Å². The highest BCUT2D eigenvalue weighted by molar-refractivity contribution is 6.30. The number of hydrogen-bond donors (Lipinski definition) is 2. The van der Waals surface area contributed by atoms with E-state index in [2.05, 4.69) is 21.3 Å². The zero-order valence-electron chi connectivity index (χ0n) is 13.5. The number of phenols is 1. The molecule has 0 spiro atoms. The number of hydrogen-bond acceptors (Lipinski definition) is 4. The van der Waals surface area contributed by atoms with Crippen LogP contribution in [0.2, 0.25) is 5.02 Å². The molecule has 1 heterocycles. The van der Waals surface area contributed by atoms with E-state index in [4.69, 9.17) is 11.6 Å². The Morgan fingerprint density at radius 2 is 2.16 bits per heavy atom. The number of nitrogens with one attached hydrogen (secondary N) is 1. The molecule has 2 aromatic carbocycles. The summed E-state index contributed by atoms with van der Waals surface area (Å²) < 4.78 is 0. The molecule has 2 N–H and O–H groups in total. The quantitative estimate of drug-likeness (QED) is 0.688. The van der Waals surface area contributed by atoms with E-state index >= 15 is 0 Å². The van der Waals surface area contributed by atoms with Crippen molar-refractivity contribution in [3.63, 3.8) is 0 Å². The van der Waals surface area contributed by atoms with Crippen LogP contribution in [0.15, 0.2) is 47.5 Å². The van der Waals surface area contributed by atoms with Gasteiger partial charge in [0.2, 0.25) is 0 Å². The molecule has 0 aliphatic rings. The number of aromatic hydroxyl groups is 1. The molecular weight excluding hydrogens is 336 g/mol. The first-order chi connectivity index (χ1) is 12.1. The van der Waals surface area contributed by atoms with Gasteiger partial charge in [-0.05, 0) is 36.8 Å². The molecule has 0 saturated carbocycles. The van der Waals surface area contributed by atoms with E-state index in [9.17, 15) is 10.4 Å². The third kappa shape index (κ3) is 3.87. The zero-order valence-corrected chi connectivity index (χ0v) is 14.2. The summed E-state index contributed by atoms with van der Waals surface area (Å²) in [5, 5.41) is 26.9. The number of rotatable bonds is 4. The minimum Gasteiger partial charge on any atom is -0.507 e. The van der Waals surface area contributed by atoms with Gasteiger partial charge in [0.25, 0.3) is 0 Å². The molecule has 1 aromatic heterocycles. The first kappa shape index (κ1) is 16.7. The van der Waals surface area contributed by atoms with Crippen LogP contribution < -0.4 is 0 Å². The van der Waals surface area contributed by atoms with Crippen molar-refractivity contribution in [2.45, 2.75) is 13.3 Å². The van der Waals surface area contributed by atoms with Crippen LogP contribution in [0.25, 0.3) is 0 Å². The van der Waals surface area contributed by atoms with Gasteiger partial charge in [-0.25, -0.2) is 4.99 Å². The van der Waals surface area contributed by atoms with Crippen LogP contribution >= 0.6 is 11.6 Å². The van der Waals surface area contributed by atoms with Gasteiger partial charge in [-0.3, -0.25) is 5.10 Å². The highest BCUT2D eigenvalue weighted by atomic mass is 35.5. The molecule has 0 unspecified atom stereocenters. The molecule has 5 nitrogen and oxygen atoms in total. The molecule has 25 heavy (non-hydrogen) atoms. The maximum absolute atomic E-state index is 9.87. The van der Waals surface area contributed by atoms with Crippen molar-refractivity contribution in [3.8, 4) is 11.8 Å². The van der Waals surface area contributed by atoms with Gasteiger partial charge in [-0.1, -0.05) is 35.4 Å². The van der Waals surface area contributed by atoms with Crippen molar-refractivity contribution in [1.29, 1.82) is 5.26 Å². The lowest BCUT2D eigenvalue weighted by Crippen LogP contribution is -1.91. The molecule has 0 radical (unpaired) electrons. The van der Waals surface area contributed by atoms with Crippen LogP contribution in [0.3, 0.4) is 0 Å². The molecular formula is C19H15ClN4O. The van der Waals surface area contributed by atoms with E-state index < -0.39 is 0 Å². The van der Waals surface area contributed by atoms with Crippen molar-refractivity contribution < 1.29 is 5.11 Å². The first-order valence-electron chi connectivity index (χ1n) is 7.62. The van der Waals surface area contributed by atoms with Crippen molar-refractivity contribution >= 4 is 23.6 Å². The van der Waals surface area contributed by atoms with Gasteiger partial charge in [-0.15, -0.1) is 0 Å². The summed E-state index contributed by atoms with van der Waals surface area (Å²) in [6.07, 6.45) is 2.00. The lowest BCUT2D eigenvalue weighted by Gasteiger charge is -2.00. The van der Waals surface area contributed by atoms with Crippen molar-refractivity contribution in [3.05, 3.63) is 75.4 Å². The van der Waals surface area contributed by atoms with E-state index in [1.807, 2.05) is 37.3 Å². The number of aliphatic imine (C=N–C) groups is 1. The summed E-state index contributed by atoms with van der Waals surface area (Å²) >= 11 is 6.00. The lowest BCUT2D eigenvalue weighted by molar-refractivity contribution is 0.474. The predicted molar refractivity (Wildman–Crippen MR) is 97.7 cm³/mol. The fourth-order valence-corrected chi connectivity index (χ4v) is 2.68. The number of aromatic amines is 1.